The first-order valence-electron chi connectivity index (χ1n) is 3.33. The minimum atomic E-state index is 0.501. The molecule has 0 aromatic heterocycles. The van der Waals surface area contributed by atoms with Crippen LogP contribution in [0.15, 0.2) is 30.3 Å². The second-order valence-corrected chi connectivity index (χ2v) is 2.85. The van der Waals surface area contributed by atoms with E-state index in [-0.39, 0.29) is 0 Å². The molecule has 1 unspecified atom stereocenters. The molecule has 0 saturated carbocycles. The Hall–Kier alpha value is -0.300. The van der Waals surface area contributed by atoms with Crippen LogP contribution in [-0.4, -0.2) is 0 Å². The lowest BCUT2D eigenvalue weighted by atomic mass is 10.0. The molecule has 0 aliphatic heterocycles. The van der Waals surface area contributed by atoms with Gasteiger partial charge in [-0.05, 0) is 11.5 Å². The molecule has 0 aliphatic rings. The average Bonchev–Trinajstić information content (AvgIpc) is 2.05. The van der Waals surface area contributed by atoms with Crippen LogP contribution in [0, 0.1) is 5.33 Å². The van der Waals surface area contributed by atoms with Crippen molar-refractivity contribution < 1.29 is 0 Å². The van der Waals surface area contributed by atoms with Crippen LogP contribution in [0.4, 0.5) is 0 Å². The van der Waals surface area contributed by atoms with Crippen molar-refractivity contribution in [1.29, 1.82) is 0 Å². The van der Waals surface area contributed by atoms with E-state index < -0.39 is 0 Å². The molecule has 10 heavy (non-hydrogen) atoms. The highest BCUT2D eigenvalue weighted by molar-refractivity contribution is 9.10. The monoisotopic (exact) mass is 197 g/mol. The molecule has 1 rings (SSSR count). The lowest BCUT2D eigenvalue weighted by Crippen LogP contribution is -1.87. The molecular weight excluding hydrogens is 188 g/mol. The summed E-state index contributed by atoms with van der Waals surface area (Å²) in [6, 6.07) is 10.4. The van der Waals surface area contributed by atoms with Crippen molar-refractivity contribution in [2.24, 2.45) is 0 Å². The SMILES string of the molecule is CC([CH]Br)c1ccccc1. The van der Waals surface area contributed by atoms with E-state index in [0.717, 1.165) is 0 Å². The van der Waals surface area contributed by atoms with E-state index >= 15 is 0 Å². The number of hydrogen-bond donors (Lipinski definition) is 0. The van der Waals surface area contributed by atoms with Gasteiger partial charge < -0.3 is 0 Å². The summed E-state index contributed by atoms with van der Waals surface area (Å²) < 4.78 is 0. The molecule has 0 N–H and O–H groups in total. The van der Waals surface area contributed by atoms with Crippen molar-refractivity contribution in [2.45, 2.75) is 12.8 Å². The van der Waals surface area contributed by atoms with Gasteiger partial charge in [0.1, 0.15) is 0 Å². The maximum atomic E-state index is 3.33. The molecule has 53 valence electrons. The topological polar surface area (TPSA) is 0 Å². The van der Waals surface area contributed by atoms with Crippen LogP contribution < -0.4 is 0 Å². The molecule has 0 bridgehead atoms. The standard InChI is InChI=1S/C9H10Br/c1-8(7-10)9-5-3-2-4-6-9/h2-8H,1H3. The Balaban J connectivity index is 2.75. The zero-order valence-electron chi connectivity index (χ0n) is 5.92. The molecule has 1 aromatic carbocycles. The van der Waals surface area contributed by atoms with E-state index in [0.29, 0.717) is 5.92 Å². The van der Waals surface area contributed by atoms with Crippen LogP contribution in [0.1, 0.15) is 18.4 Å². The van der Waals surface area contributed by atoms with Crippen LogP contribution in [0.3, 0.4) is 0 Å². The van der Waals surface area contributed by atoms with E-state index in [1.807, 2.05) is 11.4 Å². The zero-order chi connectivity index (χ0) is 7.40. The summed E-state index contributed by atoms with van der Waals surface area (Å²) in [4.78, 5) is 0. The third-order valence-electron chi connectivity index (χ3n) is 1.51. The molecule has 0 amide bonds. The molecule has 0 aliphatic carbocycles. The Morgan fingerprint density at radius 1 is 1.30 bits per heavy atom. The maximum absolute atomic E-state index is 3.33. The third kappa shape index (κ3) is 1.84. The lowest BCUT2D eigenvalue weighted by Gasteiger charge is -2.05. The number of halogens is 1. The van der Waals surface area contributed by atoms with Crippen molar-refractivity contribution >= 4 is 15.9 Å². The van der Waals surface area contributed by atoms with Crippen LogP contribution >= 0.6 is 15.9 Å². The normalized spacial score (nSPS) is 13.0. The largest absolute Gasteiger partial charge is 0.0872 e. The predicted octanol–water partition coefficient (Wildman–Crippen LogP) is 3.35. The van der Waals surface area contributed by atoms with E-state index in [1.165, 1.54) is 5.56 Å². The van der Waals surface area contributed by atoms with Crippen molar-refractivity contribution in [1.82, 2.24) is 0 Å². The summed E-state index contributed by atoms with van der Waals surface area (Å²) >= 11 is 3.33. The predicted molar refractivity (Wildman–Crippen MR) is 48.1 cm³/mol. The van der Waals surface area contributed by atoms with Gasteiger partial charge >= 0.3 is 0 Å². The third-order valence-corrected chi connectivity index (χ3v) is 2.31. The van der Waals surface area contributed by atoms with Crippen LogP contribution in [0.5, 0.6) is 0 Å². The summed E-state index contributed by atoms with van der Waals surface area (Å²) in [5.74, 6) is 0.501. The van der Waals surface area contributed by atoms with Gasteiger partial charge in [-0.15, -0.1) is 0 Å². The Kier molecular flexibility index (Phi) is 2.94. The quantitative estimate of drug-likeness (QED) is 0.683. The van der Waals surface area contributed by atoms with Gasteiger partial charge in [-0.3, -0.25) is 0 Å². The van der Waals surface area contributed by atoms with Crippen LogP contribution in [0.2, 0.25) is 0 Å². The number of hydrogen-bond acceptors (Lipinski definition) is 0. The highest BCUT2D eigenvalue weighted by atomic mass is 79.9. The van der Waals surface area contributed by atoms with Gasteiger partial charge in [0.2, 0.25) is 0 Å². The second-order valence-electron chi connectivity index (χ2n) is 2.33. The molecule has 1 aromatic rings. The molecular formula is C9H10Br. The van der Waals surface area contributed by atoms with Gasteiger partial charge in [-0.25, -0.2) is 0 Å². The summed E-state index contributed by atoms with van der Waals surface area (Å²) in [6.45, 7) is 2.16. The van der Waals surface area contributed by atoms with Crippen molar-refractivity contribution in [2.75, 3.05) is 0 Å². The fraction of sp³-hybridized carbons (Fsp3) is 0.222. The molecule has 1 radical (unpaired) electrons. The molecule has 1 heteroatoms. The van der Waals surface area contributed by atoms with E-state index in [2.05, 4.69) is 47.1 Å². The first kappa shape index (κ1) is 7.80. The summed E-state index contributed by atoms with van der Waals surface area (Å²) in [5, 5.41) is 2.02. The number of rotatable bonds is 2. The summed E-state index contributed by atoms with van der Waals surface area (Å²) in [7, 11) is 0. The smallest absolute Gasteiger partial charge is 0.0342 e. The van der Waals surface area contributed by atoms with Crippen molar-refractivity contribution in [3.8, 4) is 0 Å². The summed E-state index contributed by atoms with van der Waals surface area (Å²) in [6.07, 6.45) is 0. The molecule has 0 spiro atoms. The Morgan fingerprint density at radius 3 is 2.40 bits per heavy atom. The van der Waals surface area contributed by atoms with E-state index in [1.54, 1.807) is 0 Å². The van der Waals surface area contributed by atoms with Gasteiger partial charge in [0, 0.05) is 5.33 Å². The van der Waals surface area contributed by atoms with E-state index in [4.69, 9.17) is 0 Å². The van der Waals surface area contributed by atoms with Crippen molar-refractivity contribution in [3.05, 3.63) is 41.2 Å². The molecule has 0 heterocycles. The fourth-order valence-electron chi connectivity index (χ4n) is 0.829. The highest BCUT2D eigenvalue weighted by Gasteiger charge is 2.00. The Morgan fingerprint density at radius 2 is 1.90 bits per heavy atom. The highest BCUT2D eigenvalue weighted by Crippen LogP contribution is 2.19. The minimum absolute atomic E-state index is 0.501. The van der Waals surface area contributed by atoms with Gasteiger partial charge in [-0.1, -0.05) is 53.2 Å². The molecule has 0 fully saturated rings. The average molecular weight is 198 g/mol. The molecule has 1 atom stereocenters. The van der Waals surface area contributed by atoms with Crippen molar-refractivity contribution in [3.63, 3.8) is 0 Å². The molecule has 0 saturated heterocycles. The Labute approximate surface area is 70.4 Å². The van der Waals surface area contributed by atoms with Gasteiger partial charge in [-0.2, -0.15) is 0 Å². The second kappa shape index (κ2) is 3.77. The first-order valence-corrected chi connectivity index (χ1v) is 4.24. The minimum Gasteiger partial charge on any atom is -0.0872 e. The zero-order valence-corrected chi connectivity index (χ0v) is 7.51. The molecule has 0 nitrogen and oxygen atoms in total. The lowest BCUT2D eigenvalue weighted by molar-refractivity contribution is 0.952. The van der Waals surface area contributed by atoms with Crippen LogP contribution in [-0.2, 0) is 0 Å². The fourth-order valence-corrected chi connectivity index (χ4v) is 1.13. The first-order chi connectivity index (χ1) is 4.84. The van der Waals surface area contributed by atoms with Crippen LogP contribution in [0.25, 0.3) is 0 Å². The van der Waals surface area contributed by atoms with E-state index in [9.17, 15) is 0 Å². The maximum Gasteiger partial charge on any atom is 0.0342 e. The number of benzene rings is 1. The Bertz CT molecular complexity index is 181. The van der Waals surface area contributed by atoms with Gasteiger partial charge in [0.15, 0.2) is 0 Å². The summed E-state index contributed by atoms with van der Waals surface area (Å²) in [5.41, 5.74) is 1.35. The van der Waals surface area contributed by atoms with Gasteiger partial charge in [0.05, 0.1) is 0 Å². The van der Waals surface area contributed by atoms with Gasteiger partial charge in [0.25, 0.3) is 0 Å².